The van der Waals surface area contributed by atoms with Crippen LogP contribution in [0.5, 0.6) is 0 Å². The molecule has 0 aromatic carbocycles. The van der Waals surface area contributed by atoms with Crippen LogP contribution in [0.15, 0.2) is 12.7 Å². The van der Waals surface area contributed by atoms with Gasteiger partial charge in [0, 0.05) is 6.42 Å². The Morgan fingerprint density at radius 2 is 1.96 bits per heavy atom. The smallest absolute Gasteiger partial charge is 0.307 e. The Balaban J connectivity index is 5.16. The molecule has 0 spiro atoms. The van der Waals surface area contributed by atoms with Gasteiger partial charge >= 0.3 is 5.97 Å². The lowest BCUT2D eigenvalue weighted by atomic mass is 9.96. The van der Waals surface area contributed by atoms with E-state index in [4.69, 9.17) is 15.6 Å². The van der Waals surface area contributed by atoms with Gasteiger partial charge in [-0.25, -0.2) is 0 Å². The van der Waals surface area contributed by atoms with Crippen molar-refractivity contribution in [3.05, 3.63) is 12.7 Å². The fourth-order valence-corrected chi connectivity index (χ4v) is 3.30. The van der Waals surface area contributed by atoms with Crippen LogP contribution >= 0.6 is 0 Å². The van der Waals surface area contributed by atoms with E-state index < -0.39 is 8.32 Å². The van der Waals surface area contributed by atoms with Crippen molar-refractivity contribution in [1.82, 2.24) is 0 Å². The van der Waals surface area contributed by atoms with Gasteiger partial charge in [0.05, 0.1) is 32.3 Å². The van der Waals surface area contributed by atoms with E-state index in [0.29, 0.717) is 6.42 Å². The molecule has 24 heavy (non-hydrogen) atoms. The summed E-state index contributed by atoms with van der Waals surface area (Å²) < 4.78 is 17.1. The Morgan fingerprint density at radius 3 is 2.38 bits per heavy atom. The van der Waals surface area contributed by atoms with E-state index in [1.54, 1.807) is 6.08 Å². The van der Waals surface area contributed by atoms with Gasteiger partial charge < -0.3 is 13.9 Å². The molecule has 0 radical (unpaired) electrons. The van der Waals surface area contributed by atoms with Crippen LogP contribution in [0, 0.1) is 18.3 Å². The summed E-state index contributed by atoms with van der Waals surface area (Å²) in [7, 11) is -0.614. The first-order chi connectivity index (χ1) is 11.0. The van der Waals surface area contributed by atoms with Gasteiger partial charge in [0.25, 0.3) is 0 Å². The van der Waals surface area contributed by atoms with Crippen molar-refractivity contribution in [3.8, 4) is 12.3 Å². The molecule has 0 heterocycles. The van der Waals surface area contributed by atoms with Crippen molar-refractivity contribution < 1.29 is 18.7 Å². The minimum atomic E-state index is -1.98. The standard InChI is InChI=1S/C19H34O4Si/c1-10-12-15(3)18(22-14-13-17(20)21-7)16(11-2)23-24(8,9)19(4,5)6/h1,11,15-16,18H,2,12-14H2,3-9H3/t15-,16-,18+/m1/s1. The molecule has 3 atom stereocenters. The molecule has 5 heteroatoms. The molecule has 0 aromatic rings. The van der Waals surface area contributed by atoms with Crippen LogP contribution in [0.3, 0.4) is 0 Å². The summed E-state index contributed by atoms with van der Waals surface area (Å²) in [5, 5.41) is 0.0835. The van der Waals surface area contributed by atoms with E-state index >= 15 is 0 Å². The summed E-state index contributed by atoms with van der Waals surface area (Å²) in [6, 6.07) is 0. The van der Waals surface area contributed by atoms with E-state index in [0.717, 1.165) is 0 Å². The third-order valence-corrected chi connectivity index (χ3v) is 9.11. The van der Waals surface area contributed by atoms with Gasteiger partial charge in [-0.1, -0.05) is 33.8 Å². The predicted octanol–water partition coefficient (Wildman–Crippen LogP) is 4.17. The summed E-state index contributed by atoms with van der Waals surface area (Å²) in [6.07, 6.45) is 7.54. The summed E-state index contributed by atoms with van der Waals surface area (Å²) in [5.74, 6) is 2.49. The monoisotopic (exact) mass is 354 g/mol. The van der Waals surface area contributed by atoms with Crippen molar-refractivity contribution in [2.45, 2.75) is 70.9 Å². The molecule has 0 N–H and O–H groups in total. The molecule has 0 fully saturated rings. The first kappa shape index (κ1) is 22.9. The van der Waals surface area contributed by atoms with Crippen LogP contribution in [0.2, 0.25) is 18.1 Å². The molecule has 0 amide bonds. The molecule has 0 aliphatic carbocycles. The highest BCUT2D eigenvalue weighted by molar-refractivity contribution is 6.74. The Bertz CT molecular complexity index is 445. The average molecular weight is 355 g/mol. The van der Waals surface area contributed by atoms with Crippen LogP contribution in [-0.2, 0) is 18.7 Å². The minimum absolute atomic E-state index is 0.0835. The Morgan fingerprint density at radius 1 is 1.38 bits per heavy atom. The van der Waals surface area contributed by atoms with Gasteiger partial charge in [-0.3, -0.25) is 4.79 Å². The maximum absolute atomic E-state index is 11.3. The van der Waals surface area contributed by atoms with Gasteiger partial charge in [-0.2, -0.15) is 0 Å². The number of hydrogen-bond acceptors (Lipinski definition) is 4. The van der Waals surface area contributed by atoms with E-state index in [1.165, 1.54) is 7.11 Å². The highest BCUT2D eigenvalue weighted by Crippen LogP contribution is 2.38. The second-order valence-corrected chi connectivity index (χ2v) is 12.4. The fraction of sp³-hybridized carbons (Fsp3) is 0.737. The van der Waals surface area contributed by atoms with E-state index in [9.17, 15) is 4.79 Å². The number of ether oxygens (including phenoxy) is 2. The summed E-state index contributed by atoms with van der Waals surface area (Å²) in [6.45, 7) is 17.2. The van der Waals surface area contributed by atoms with Crippen LogP contribution in [0.1, 0.15) is 40.5 Å². The molecule has 0 rings (SSSR count). The van der Waals surface area contributed by atoms with Crippen molar-refractivity contribution >= 4 is 14.3 Å². The average Bonchev–Trinajstić information content (AvgIpc) is 2.48. The highest BCUT2D eigenvalue weighted by atomic mass is 28.4. The largest absolute Gasteiger partial charge is 0.469 e. The molecule has 138 valence electrons. The number of rotatable bonds is 10. The van der Waals surface area contributed by atoms with Gasteiger partial charge in [0.1, 0.15) is 0 Å². The Kier molecular flexibility index (Phi) is 9.57. The highest BCUT2D eigenvalue weighted by Gasteiger charge is 2.41. The SMILES string of the molecule is C#CC[C@@H](C)[C@H](OCCC(=O)OC)[C@@H](C=C)O[Si](C)(C)C(C)(C)C. The third kappa shape index (κ3) is 7.21. The van der Waals surface area contributed by atoms with Crippen LogP contribution in [-0.4, -0.2) is 40.2 Å². The summed E-state index contributed by atoms with van der Waals surface area (Å²) >= 11 is 0. The van der Waals surface area contributed by atoms with Crippen LogP contribution < -0.4 is 0 Å². The molecule has 0 bridgehead atoms. The summed E-state index contributed by atoms with van der Waals surface area (Å²) in [5.41, 5.74) is 0. The van der Waals surface area contributed by atoms with Gasteiger partial charge in [0.2, 0.25) is 0 Å². The molecule has 0 aromatic heterocycles. The molecule has 0 saturated heterocycles. The number of hydrogen-bond donors (Lipinski definition) is 0. The Labute approximate surface area is 149 Å². The quantitative estimate of drug-likeness (QED) is 0.256. The number of terminal acetylenes is 1. The molecule has 0 unspecified atom stereocenters. The van der Waals surface area contributed by atoms with Crippen LogP contribution in [0.4, 0.5) is 0 Å². The molecule has 0 aliphatic heterocycles. The number of carbonyl (C=O) groups excluding carboxylic acids is 1. The van der Waals surface area contributed by atoms with E-state index in [1.807, 2.05) is 6.92 Å². The second-order valence-electron chi connectivity index (χ2n) is 7.63. The molecular weight excluding hydrogens is 320 g/mol. The predicted molar refractivity (Wildman–Crippen MR) is 101 cm³/mol. The molecule has 4 nitrogen and oxygen atoms in total. The zero-order chi connectivity index (χ0) is 19.0. The summed E-state index contributed by atoms with van der Waals surface area (Å²) in [4.78, 5) is 11.3. The maximum Gasteiger partial charge on any atom is 0.307 e. The number of esters is 1. The lowest BCUT2D eigenvalue weighted by molar-refractivity contribution is -0.143. The zero-order valence-corrected chi connectivity index (χ0v) is 17.3. The topological polar surface area (TPSA) is 44.8 Å². The maximum atomic E-state index is 11.3. The van der Waals surface area contributed by atoms with Gasteiger partial charge in [-0.05, 0) is 24.1 Å². The first-order valence-electron chi connectivity index (χ1n) is 8.42. The number of carbonyl (C=O) groups is 1. The third-order valence-electron chi connectivity index (χ3n) is 4.64. The molecule has 0 saturated carbocycles. The lowest BCUT2D eigenvalue weighted by Crippen LogP contribution is -2.48. The normalized spacial score (nSPS) is 15.9. The minimum Gasteiger partial charge on any atom is -0.469 e. The molecule has 0 aliphatic rings. The first-order valence-corrected chi connectivity index (χ1v) is 11.3. The second kappa shape index (κ2) is 10.0. The zero-order valence-electron chi connectivity index (χ0n) is 16.3. The molecular formula is C19H34O4Si. The number of methoxy groups -OCH3 is 1. The Hall–Kier alpha value is -1.09. The van der Waals surface area contributed by atoms with Crippen molar-refractivity contribution in [2.24, 2.45) is 5.92 Å². The fourth-order valence-electron chi connectivity index (χ4n) is 2.03. The van der Waals surface area contributed by atoms with Crippen molar-refractivity contribution in [2.75, 3.05) is 13.7 Å². The van der Waals surface area contributed by atoms with Gasteiger partial charge in [0.15, 0.2) is 8.32 Å². The van der Waals surface area contributed by atoms with Gasteiger partial charge in [-0.15, -0.1) is 18.9 Å². The van der Waals surface area contributed by atoms with Crippen molar-refractivity contribution in [3.63, 3.8) is 0 Å². The van der Waals surface area contributed by atoms with E-state index in [2.05, 4.69) is 51.1 Å². The lowest BCUT2D eigenvalue weighted by Gasteiger charge is -2.41. The van der Waals surface area contributed by atoms with Crippen molar-refractivity contribution in [1.29, 1.82) is 0 Å². The van der Waals surface area contributed by atoms with Crippen LogP contribution in [0.25, 0.3) is 0 Å². The van der Waals surface area contributed by atoms with E-state index in [-0.39, 0.29) is 42.2 Å².